The highest BCUT2D eigenvalue weighted by Gasteiger charge is 2.23. The summed E-state index contributed by atoms with van der Waals surface area (Å²) in [7, 11) is 0. The number of amidine groups is 1. The Bertz CT molecular complexity index is 564. The molecule has 1 fully saturated rings. The van der Waals surface area contributed by atoms with Crippen molar-refractivity contribution in [2.24, 2.45) is 17.6 Å². The molecule has 3 N–H and O–H groups in total. The van der Waals surface area contributed by atoms with Crippen molar-refractivity contribution in [3.05, 3.63) is 29.8 Å². The lowest BCUT2D eigenvalue weighted by atomic mass is 9.79. The molecule has 1 aromatic carbocycles. The normalized spacial score (nSPS) is 21.3. The lowest BCUT2D eigenvalue weighted by Gasteiger charge is -2.27. The third-order valence-electron chi connectivity index (χ3n) is 5.00. The molecule has 0 bridgehead atoms. The van der Waals surface area contributed by atoms with E-state index in [1.54, 1.807) is 0 Å². The maximum atomic E-state index is 12.0. The zero-order valence-corrected chi connectivity index (χ0v) is 15.1. The summed E-state index contributed by atoms with van der Waals surface area (Å²) in [5.74, 6) is 1.57. The Kier molecular flexibility index (Phi) is 6.03. The molecule has 2 rings (SSSR count). The zero-order valence-electron chi connectivity index (χ0n) is 15.1. The predicted octanol–water partition coefficient (Wildman–Crippen LogP) is 4.41. The summed E-state index contributed by atoms with van der Waals surface area (Å²) in [6, 6.07) is 7.78. The molecule has 0 radical (unpaired) electrons. The van der Waals surface area contributed by atoms with Gasteiger partial charge in [-0.3, -0.25) is 10.2 Å². The van der Waals surface area contributed by atoms with Crippen LogP contribution in [0.4, 0.5) is 0 Å². The van der Waals surface area contributed by atoms with Crippen molar-refractivity contribution in [1.82, 2.24) is 0 Å². The zero-order chi connectivity index (χ0) is 17.7. The van der Waals surface area contributed by atoms with Crippen LogP contribution in [-0.4, -0.2) is 11.8 Å². The fourth-order valence-corrected chi connectivity index (χ4v) is 3.29. The Balaban J connectivity index is 1.75. The first kappa shape index (κ1) is 18.5. The fourth-order valence-electron chi connectivity index (χ4n) is 3.29. The molecular weight excluding hydrogens is 300 g/mol. The molecule has 1 aliphatic carbocycles. The highest BCUT2D eigenvalue weighted by atomic mass is 16.5. The minimum Gasteiger partial charge on any atom is -0.427 e. The summed E-state index contributed by atoms with van der Waals surface area (Å²) in [6.45, 7) is 6.48. The van der Waals surface area contributed by atoms with Crippen molar-refractivity contribution in [3.63, 3.8) is 0 Å². The van der Waals surface area contributed by atoms with Gasteiger partial charge in [0, 0.05) is 12.3 Å². The van der Waals surface area contributed by atoms with Gasteiger partial charge in [0.25, 0.3) is 0 Å². The largest absolute Gasteiger partial charge is 0.427 e. The molecule has 24 heavy (non-hydrogen) atoms. The standard InChI is InChI=1S/C20H30N2O2/c1-20(2,3)16-9-11-17(12-10-16)24-18(23)13-6-14-4-7-15(8-5-14)19(21)22/h9-12,14-15H,4-8,13H2,1-3H3,(H3,21,22). The second kappa shape index (κ2) is 7.82. The lowest BCUT2D eigenvalue weighted by Crippen LogP contribution is -2.27. The Labute approximate surface area is 145 Å². The van der Waals surface area contributed by atoms with Gasteiger partial charge < -0.3 is 10.5 Å². The molecule has 4 nitrogen and oxygen atoms in total. The highest BCUT2D eigenvalue weighted by Crippen LogP contribution is 2.31. The van der Waals surface area contributed by atoms with E-state index >= 15 is 0 Å². The van der Waals surface area contributed by atoms with Gasteiger partial charge in [-0.2, -0.15) is 0 Å². The third kappa shape index (κ3) is 5.36. The maximum absolute atomic E-state index is 12.0. The van der Waals surface area contributed by atoms with Crippen molar-refractivity contribution in [2.75, 3.05) is 0 Å². The number of esters is 1. The van der Waals surface area contributed by atoms with Crippen molar-refractivity contribution in [3.8, 4) is 5.75 Å². The molecule has 132 valence electrons. The molecule has 1 saturated carbocycles. The molecule has 0 atom stereocenters. The van der Waals surface area contributed by atoms with Crippen LogP contribution in [0.25, 0.3) is 0 Å². The molecule has 0 unspecified atom stereocenters. The number of hydrogen-bond acceptors (Lipinski definition) is 3. The van der Waals surface area contributed by atoms with E-state index in [4.69, 9.17) is 15.9 Å². The molecule has 0 aliphatic heterocycles. The summed E-state index contributed by atoms with van der Waals surface area (Å²) in [6.07, 6.45) is 5.38. The van der Waals surface area contributed by atoms with E-state index in [-0.39, 0.29) is 17.3 Å². The van der Waals surface area contributed by atoms with Crippen molar-refractivity contribution >= 4 is 11.8 Å². The second-order valence-electron chi connectivity index (χ2n) is 7.96. The van der Waals surface area contributed by atoms with Crippen LogP contribution in [0.15, 0.2) is 24.3 Å². The first-order valence-corrected chi connectivity index (χ1v) is 8.91. The van der Waals surface area contributed by atoms with Gasteiger partial charge in [0.15, 0.2) is 0 Å². The number of nitrogens with one attached hydrogen (secondary N) is 1. The minimum atomic E-state index is -0.160. The highest BCUT2D eigenvalue weighted by molar-refractivity contribution is 5.79. The molecule has 0 aromatic heterocycles. The van der Waals surface area contributed by atoms with Crippen LogP contribution in [0.1, 0.15) is 64.9 Å². The van der Waals surface area contributed by atoms with Crippen LogP contribution in [-0.2, 0) is 10.2 Å². The van der Waals surface area contributed by atoms with E-state index in [2.05, 4.69) is 20.8 Å². The number of hydrogen-bond donors (Lipinski definition) is 2. The number of carbonyl (C=O) groups is 1. The molecular formula is C20H30N2O2. The monoisotopic (exact) mass is 330 g/mol. The summed E-state index contributed by atoms with van der Waals surface area (Å²) >= 11 is 0. The molecule has 0 heterocycles. The van der Waals surface area contributed by atoms with Gasteiger partial charge in [0.2, 0.25) is 0 Å². The molecule has 0 spiro atoms. The molecule has 4 heteroatoms. The first-order chi connectivity index (χ1) is 11.3. The van der Waals surface area contributed by atoms with E-state index < -0.39 is 0 Å². The van der Waals surface area contributed by atoms with Gasteiger partial charge >= 0.3 is 5.97 Å². The number of carbonyl (C=O) groups excluding carboxylic acids is 1. The minimum absolute atomic E-state index is 0.0985. The van der Waals surface area contributed by atoms with Gasteiger partial charge in [-0.05, 0) is 61.1 Å². The topological polar surface area (TPSA) is 76.2 Å². The summed E-state index contributed by atoms with van der Waals surface area (Å²) in [5, 5.41) is 7.51. The second-order valence-corrected chi connectivity index (χ2v) is 7.96. The SMILES string of the molecule is CC(C)(C)c1ccc(OC(=O)CCC2CCC(C(=N)N)CC2)cc1. The van der Waals surface area contributed by atoms with Crippen molar-refractivity contribution < 1.29 is 9.53 Å². The van der Waals surface area contributed by atoms with Crippen LogP contribution < -0.4 is 10.5 Å². The first-order valence-electron chi connectivity index (χ1n) is 8.91. The van der Waals surface area contributed by atoms with E-state index in [1.807, 2.05) is 24.3 Å². The summed E-state index contributed by atoms with van der Waals surface area (Å²) in [5.41, 5.74) is 6.89. The Morgan fingerprint density at radius 2 is 1.75 bits per heavy atom. The Morgan fingerprint density at radius 1 is 1.17 bits per heavy atom. The van der Waals surface area contributed by atoms with Crippen LogP contribution in [0.5, 0.6) is 5.75 Å². The molecule has 0 amide bonds. The van der Waals surface area contributed by atoms with Gasteiger partial charge in [0.1, 0.15) is 5.75 Å². The average Bonchev–Trinajstić information content (AvgIpc) is 2.53. The fraction of sp³-hybridized carbons (Fsp3) is 0.600. The lowest BCUT2D eigenvalue weighted by molar-refractivity contribution is -0.134. The molecule has 1 aliphatic rings. The number of rotatable bonds is 5. The van der Waals surface area contributed by atoms with Crippen LogP contribution in [0.2, 0.25) is 0 Å². The predicted molar refractivity (Wildman–Crippen MR) is 97.4 cm³/mol. The molecule has 0 saturated heterocycles. The molecule has 1 aromatic rings. The van der Waals surface area contributed by atoms with Gasteiger partial charge in [-0.15, -0.1) is 0 Å². The number of ether oxygens (including phenoxy) is 1. The smallest absolute Gasteiger partial charge is 0.311 e. The average molecular weight is 330 g/mol. The van der Waals surface area contributed by atoms with E-state index in [0.717, 1.165) is 32.1 Å². The Morgan fingerprint density at radius 3 is 2.25 bits per heavy atom. The quantitative estimate of drug-likeness (QED) is 0.363. The van der Waals surface area contributed by atoms with Crippen LogP contribution >= 0.6 is 0 Å². The summed E-state index contributed by atoms with van der Waals surface area (Å²) < 4.78 is 5.44. The van der Waals surface area contributed by atoms with Crippen molar-refractivity contribution in [2.45, 2.75) is 64.7 Å². The van der Waals surface area contributed by atoms with E-state index in [9.17, 15) is 4.79 Å². The maximum Gasteiger partial charge on any atom is 0.311 e. The van der Waals surface area contributed by atoms with Gasteiger partial charge in [-0.1, -0.05) is 32.9 Å². The third-order valence-corrected chi connectivity index (χ3v) is 5.00. The van der Waals surface area contributed by atoms with E-state index in [0.29, 0.717) is 23.9 Å². The van der Waals surface area contributed by atoms with Gasteiger partial charge in [0.05, 0.1) is 5.84 Å². The van der Waals surface area contributed by atoms with Gasteiger partial charge in [-0.25, -0.2) is 0 Å². The van der Waals surface area contributed by atoms with Crippen molar-refractivity contribution in [1.29, 1.82) is 5.41 Å². The van der Waals surface area contributed by atoms with Crippen LogP contribution in [0, 0.1) is 17.2 Å². The van der Waals surface area contributed by atoms with Crippen LogP contribution in [0.3, 0.4) is 0 Å². The van der Waals surface area contributed by atoms with E-state index in [1.165, 1.54) is 5.56 Å². The summed E-state index contributed by atoms with van der Waals surface area (Å²) in [4.78, 5) is 12.0. The number of benzene rings is 1. The Hall–Kier alpha value is -1.84. The number of nitrogens with two attached hydrogens (primary N) is 1.